The lowest BCUT2D eigenvalue weighted by atomic mass is 10.2. The third-order valence-electron chi connectivity index (χ3n) is 2.70. The van der Waals surface area contributed by atoms with Crippen molar-refractivity contribution in [3.8, 4) is 0 Å². The largest absolute Gasteiger partial charge is 0.277 e. The van der Waals surface area contributed by atoms with Gasteiger partial charge in [-0.15, -0.1) is 0 Å². The first-order valence-electron chi connectivity index (χ1n) is 5.88. The summed E-state index contributed by atoms with van der Waals surface area (Å²) in [5.74, 6) is 1.02. The van der Waals surface area contributed by atoms with E-state index in [4.69, 9.17) is 11.6 Å². The highest BCUT2D eigenvalue weighted by atomic mass is 35.5. The Bertz CT molecular complexity index is 518. The van der Waals surface area contributed by atoms with Crippen LogP contribution >= 0.6 is 11.6 Å². The van der Waals surface area contributed by atoms with Crippen LogP contribution in [0.3, 0.4) is 0 Å². The maximum absolute atomic E-state index is 5.86. The zero-order valence-electron chi connectivity index (χ0n) is 10.3. The normalized spacial score (nSPS) is 11.3. The molecule has 2 nitrogen and oxygen atoms in total. The number of rotatable bonds is 3. The van der Waals surface area contributed by atoms with Crippen LogP contribution in [0.15, 0.2) is 54.6 Å². The van der Waals surface area contributed by atoms with Crippen molar-refractivity contribution in [2.75, 3.05) is 7.05 Å². The van der Waals surface area contributed by atoms with Gasteiger partial charge >= 0.3 is 0 Å². The fraction of sp³-hybridized carbons (Fsp3) is 0.133. The van der Waals surface area contributed by atoms with E-state index in [1.165, 1.54) is 5.56 Å². The number of halogens is 1. The first-order valence-corrected chi connectivity index (χ1v) is 6.26. The molecule has 18 heavy (non-hydrogen) atoms. The smallest absolute Gasteiger partial charge is 0.274 e. The molecule has 0 aromatic heterocycles. The third kappa shape index (κ3) is 3.34. The standard InChI is InChI=1S/C15H15ClN2/c1-17-15(13-5-3-2-4-6-13)18-11-12-7-9-14(16)10-8-12/h2-10H,11H2,1H3,(H,17,18)/p+1. The Hall–Kier alpha value is -1.80. The van der Waals surface area contributed by atoms with Gasteiger partial charge in [0, 0.05) is 5.02 Å². The van der Waals surface area contributed by atoms with Crippen molar-refractivity contribution in [3.05, 3.63) is 70.7 Å². The Kier molecular flexibility index (Phi) is 4.37. The van der Waals surface area contributed by atoms with Gasteiger partial charge in [-0.05, 0) is 29.8 Å². The van der Waals surface area contributed by atoms with Crippen molar-refractivity contribution in [2.45, 2.75) is 6.54 Å². The van der Waals surface area contributed by atoms with Gasteiger partial charge in [0.1, 0.15) is 6.54 Å². The minimum absolute atomic E-state index is 0.764. The van der Waals surface area contributed by atoms with E-state index in [1.54, 1.807) is 0 Å². The van der Waals surface area contributed by atoms with Crippen LogP contribution in [-0.2, 0) is 6.54 Å². The summed E-state index contributed by atoms with van der Waals surface area (Å²) in [6.45, 7) is 0.766. The maximum Gasteiger partial charge on any atom is 0.274 e. The highest BCUT2D eigenvalue weighted by Gasteiger charge is 2.07. The summed E-state index contributed by atoms with van der Waals surface area (Å²) in [4.78, 5) is 3.18. The lowest BCUT2D eigenvalue weighted by Crippen LogP contribution is -2.71. The molecule has 0 saturated carbocycles. The van der Waals surface area contributed by atoms with Crippen molar-refractivity contribution in [1.29, 1.82) is 0 Å². The van der Waals surface area contributed by atoms with E-state index in [0.29, 0.717) is 0 Å². The first-order chi connectivity index (χ1) is 8.79. The lowest BCUT2D eigenvalue weighted by Gasteiger charge is -2.03. The van der Waals surface area contributed by atoms with Gasteiger partial charge in [-0.2, -0.15) is 0 Å². The van der Waals surface area contributed by atoms with Gasteiger partial charge in [-0.3, -0.25) is 10.3 Å². The molecule has 0 atom stereocenters. The van der Waals surface area contributed by atoms with Gasteiger partial charge < -0.3 is 0 Å². The number of hydrogen-bond donors (Lipinski definition) is 2. The predicted molar refractivity (Wildman–Crippen MR) is 75.7 cm³/mol. The average molecular weight is 260 g/mol. The van der Waals surface area contributed by atoms with Gasteiger partial charge in [-0.1, -0.05) is 41.9 Å². The molecule has 92 valence electrons. The molecule has 2 aromatic carbocycles. The van der Waals surface area contributed by atoms with E-state index in [1.807, 2.05) is 49.5 Å². The van der Waals surface area contributed by atoms with Crippen molar-refractivity contribution in [2.24, 2.45) is 0 Å². The van der Waals surface area contributed by atoms with Crippen molar-refractivity contribution < 1.29 is 4.99 Å². The minimum Gasteiger partial charge on any atom is -0.277 e. The molecule has 0 heterocycles. The summed E-state index contributed by atoms with van der Waals surface area (Å²) < 4.78 is 0. The predicted octanol–water partition coefficient (Wildman–Crippen LogP) is 1.59. The third-order valence-corrected chi connectivity index (χ3v) is 2.95. The number of amidine groups is 1. The minimum atomic E-state index is 0.764. The number of nitrogens with one attached hydrogen (secondary N) is 2. The van der Waals surface area contributed by atoms with Crippen LogP contribution in [0.4, 0.5) is 0 Å². The first kappa shape index (κ1) is 12.7. The van der Waals surface area contributed by atoms with E-state index < -0.39 is 0 Å². The molecule has 0 unspecified atom stereocenters. The van der Waals surface area contributed by atoms with Crippen molar-refractivity contribution in [3.63, 3.8) is 0 Å². The zero-order valence-corrected chi connectivity index (χ0v) is 11.0. The van der Waals surface area contributed by atoms with E-state index in [9.17, 15) is 0 Å². The molecule has 0 saturated heterocycles. The van der Waals surface area contributed by atoms with Gasteiger partial charge in [0.05, 0.1) is 12.6 Å². The fourth-order valence-electron chi connectivity index (χ4n) is 1.73. The van der Waals surface area contributed by atoms with Crippen molar-refractivity contribution >= 4 is 17.4 Å². The van der Waals surface area contributed by atoms with E-state index in [0.717, 1.165) is 23.0 Å². The van der Waals surface area contributed by atoms with Gasteiger partial charge in [-0.25, -0.2) is 0 Å². The number of hydrogen-bond acceptors (Lipinski definition) is 0. The SMILES string of the molecule is C[NH+]=C(NCc1ccc(Cl)cc1)c1ccccc1. The molecule has 0 spiro atoms. The molecule has 2 rings (SSSR count). The Labute approximate surface area is 112 Å². The Morgan fingerprint density at radius 2 is 1.72 bits per heavy atom. The Balaban J connectivity index is 2.03. The van der Waals surface area contributed by atoms with Crippen LogP contribution in [0.1, 0.15) is 11.1 Å². The highest BCUT2D eigenvalue weighted by Crippen LogP contribution is 2.09. The van der Waals surface area contributed by atoms with Crippen LogP contribution in [-0.4, -0.2) is 12.9 Å². The lowest BCUT2D eigenvalue weighted by molar-refractivity contribution is -0.421. The number of benzene rings is 2. The van der Waals surface area contributed by atoms with Crippen LogP contribution in [0, 0.1) is 0 Å². The summed E-state index contributed by atoms with van der Waals surface area (Å²) in [5.41, 5.74) is 2.34. The molecule has 0 aliphatic rings. The Morgan fingerprint density at radius 3 is 2.33 bits per heavy atom. The van der Waals surface area contributed by atoms with Crippen LogP contribution < -0.4 is 10.3 Å². The summed E-state index contributed by atoms with van der Waals surface area (Å²) >= 11 is 5.86. The second kappa shape index (κ2) is 6.22. The molecule has 0 fully saturated rings. The maximum atomic E-state index is 5.86. The second-order valence-corrected chi connectivity index (χ2v) is 4.41. The molecule has 0 bridgehead atoms. The molecule has 3 heteroatoms. The topological polar surface area (TPSA) is 26.0 Å². The second-order valence-electron chi connectivity index (χ2n) is 3.97. The average Bonchev–Trinajstić information content (AvgIpc) is 2.43. The zero-order chi connectivity index (χ0) is 12.8. The molecule has 0 amide bonds. The Morgan fingerprint density at radius 1 is 1.06 bits per heavy atom. The summed E-state index contributed by atoms with van der Waals surface area (Å²) in [6, 6.07) is 18.0. The van der Waals surface area contributed by atoms with Crippen molar-refractivity contribution in [1.82, 2.24) is 5.32 Å². The molecule has 0 aliphatic carbocycles. The molecule has 0 aliphatic heterocycles. The fourth-order valence-corrected chi connectivity index (χ4v) is 1.86. The van der Waals surface area contributed by atoms with E-state index >= 15 is 0 Å². The van der Waals surface area contributed by atoms with E-state index in [2.05, 4.69) is 22.4 Å². The van der Waals surface area contributed by atoms with Crippen LogP contribution in [0.25, 0.3) is 0 Å². The summed E-state index contributed by atoms with van der Waals surface area (Å²) in [6.07, 6.45) is 0. The van der Waals surface area contributed by atoms with Crippen LogP contribution in [0.2, 0.25) is 5.02 Å². The molecule has 2 N–H and O–H groups in total. The quantitative estimate of drug-likeness (QED) is 0.635. The molecular weight excluding hydrogens is 244 g/mol. The van der Waals surface area contributed by atoms with Crippen LogP contribution in [0.5, 0.6) is 0 Å². The molecule has 0 radical (unpaired) electrons. The summed E-state index contributed by atoms with van der Waals surface area (Å²) in [5, 5.41) is 4.15. The molecular formula is C15H16ClN2+. The highest BCUT2D eigenvalue weighted by molar-refractivity contribution is 6.30. The molecule has 2 aromatic rings. The van der Waals surface area contributed by atoms with E-state index in [-0.39, 0.29) is 0 Å². The van der Waals surface area contributed by atoms with Gasteiger partial charge in [0.15, 0.2) is 0 Å². The van der Waals surface area contributed by atoms with Gasteiger partial charge in [0.2, 0.25) is 0 Å². The van der Waals surface area contributed by atoms with Gasteiger partial charge in [0.25, 0.3) is 5.84 Å². The monoisotopic (exact) mass is 259 g/mol. The summed E-state index contributed by atoms with van der Waals surface area (Å²) in [7, 11) is 1.91.